The summed E-state index contributed by atoms with van der Waals surface area (Å²) in [4.78, 5) is 22.2. The molecule has 2 rings (SSSR count). The van der Waals surface area contributed by atoms with Gasteiger partial charge in [-0.3, -0.25) is 14.9 Å². The number of hydrazone groups is 1. The van der Waals surface area contributed by atoms with Crippen molar-refractivity contribution in [3.63, 3.8) is 0 Å². The lowest BCUT2D eigenvalue weighted by atomic mass is 10.1. The fourth-order valence-electron chi connectivity index (χ4n) is 2.24. The van der Waals surface area contributed by atoms with Crippen molar-refractivity contribution in [3.8, 4) is 17.2 Å². The summed E-state index contributed by atoms with van der Waals surface area (Å²) in [5.41, 5.74) is 2.92. The standard InChI is InChI=1S/C18H19N3O6/c1-3-27-16-9-13(8-15(18(16)23)21(24)25)11-19-20-17(22)10-12-4-6-14(26-2)7-5-12/h4-9,11,23H,3,10H2,1-2H3,(H,20,22)/b19-11-. The molecule has 0 saturated heterocycles. The number of ether oxygens (including phenoxy) is 2. The van der Waals surface area contributed by atoms with E-state index >= 15 is 0 Å². The molecule has 0 fully saturated rings. The van der Waals surface area contributed by atoms with Gasteiger partial charge >= 0.3 is 5.69 Å². The van der Waals surface area contributed by atoms with Gasteiger partial charge in [-0.25, -0.2) is 5.43 Å². The number of nitrogens with one attached hydrogen (secondary N) is 1. The smallest absolute Gasteiger partial charge is 0.315 e. The quantitative estimate of drug-likeness (QED) is 0.416. The van der Waals surface area contributed by atoms with Crippen LogP contribution >= 0.6 is 0 Å². The van der Waals surface area contributed by atoms with Crippen molar-refractivity contribution >= 4 is 17.8 Å². The lowest BCUT2D eigenvalue weighted by Gasteiger charge is -2.07. The van der Waals surface area contributed by atoms with Crippen LogP contribution in [0.25, 0.3) is 0 Å². The maximum Gasteiger partial charge on any atom is 0.315 e. The van der Waals surface area contributed by atoms with Gasteiger partial charge in [-0.15, -0.1) is 0 Å². The number of nitrogens with zero attached hydrogens (tertiary/aromatic N) is 2. The van der Waals surface area contributed by atoms with E-state index in [1.165, 1.54) is 12.3 Å². The summed E-state index contributed by atoms with van der Waals surface area (Å²) >= 11 is 0. The van der Waals surface area contributed by atoms with Gasteiger partial charge in [0.2, 0.25) is 11.7 Å². The van der Waals surface area contributed by atoms with Crippen LogP contribution < -0.4 is 14.9 Å². The minimum Gasteiger partial charge on any atom is -0.500 e. The molecular formula is C18H19N3O6. The summed E-state index contributed by atoms with van der Waals surface area (Å²) in [6.07, 6.45) is 1.35. The predicted octanol–water partition coefficient (Wildman–Crippen LogP) is 2.40. The number of hydrogen-bond acceptors (Lipinski definition) is 7. The molecule has 0 atom stereocenters. The zero-order valence-electron chi connectivity index (χ0n) is 14.8. The van der Waals surface area contributed by atoms with Crippen LogP contribution in [0.15, 0.2) is 41.5 Å². The van der Waals surface area contributed by atoms with E-state index in [9.17, 15) is 20.0 Å². The van der Waals surface area contributed by atoms with E-state index in [1.807, 2.05) is 0 Å². The first kappa shape index (κ1) is 19.7. The molecule has 0 unspecified atom stereocenters. The van der Waals surface area contributed by atoms with Crippen LogP contribution in [-0.2, 0) is 11.2 Å². The van der Waals surface area contributed by atoms with Gasteiger partial charge in [0.05, 0.1) is 31.3 Å². The molecule has 0 heterocycles. The maximum absolute atomic E-state index is 11.9. The molecule has 1 amide bonds. The third-order valence-electron chi connectivity index (χ3n) is 3.50. The van der Waals surface area contributed by atoms with Crippen LogP contribution in [-0.4, -0.2) is 35.9 Å². The van der Waals surface area contributed by atoms with E-state index in [0.717, 1.165) is 11.6 Å². The molecule has 0 spiro atoms. The van der Waals surface area contributed by atoms with E-state index in [-0.39, 0.29) is 24.7 Å². The number of nitro groups is 1. The number of rotatable bonds is 8. The largest absolute Gasteiger partial charge is 0.500 e. The first-order valence-electron chi connectivity index (χ1n) is 8.03. The van der Waals surface area contributed by atoms with Gasteiger partial charge in [0.25, 0.3) is 0 Å². The molecule has 0 bridgehead atoms. The van der Waals surface area contributed by atoms with E-state index in [0.29, 0.717) is 11.3 Å². The first-order chi connectivity index (χ1) is 12.9. The minimum absolute atomic E-state index is 0.0299. The lowest BCUT2D eigenvalue weighted by Crippen LogP contribution is -2.19. The number of benzene rings is 2. The predicted molar refractivity (Wildman–Crippen MR) is 98.4 cm³/mol. The zero-order chi connectivity index (χ0) is 19.8. The summed E-state index contributed by atoms with van der Waals surface area (Å²) in [5.74, 6) is -0.244. The molecule has 0 aliphatic heterocycles. The van der Waals surface area contributed by atoms with Crippen molar-refractivity contribution in [3.05, 3.63) is 57.6 Å². The Hall–Kier alpha value is -3.62. The molecule has 0 saturated carbocycles. The highest BCUT2D eigenvalue weighted by molar-refractivity contribution is 5.85. The van der Waals surface area contributed by atoms with Gasteiger partial charge in [-0.1, -0.05) is 12.1 Å². The van der Waals surface area contributed by atoms with Crippen LogP contribution in [0.1, 0.15) is 18.1 Å². The molecule has 2 aromatic carbocycles. The highest BCUT2D eigenvalue weighted by Gasteiger charge is 2.19. The Morgan fingerprint density at radius 3 is 2.63 bits per heavy atom. The molecule has 0 aliphatic rings. The van der Waals surface area contributed by atoms with Crippen LogP contribution in [0.4, 0.5) is 5.69 Å². The van der Waals surface area contributed by atoms with Crippen LogP contribution in [0.2, 0.25) is 0 Å². The number of methoxy groups -OCH3 is 1. The third kappa shape index (κ3) is 5.43. The Kier molecular flexibility index (Phi) is 6.70. The Morgan fingerprint density at radius 2 is 2.04 bits per heavy atom. The molecule has 9 heteroatoms. The zero-order valence-corrected chi connectivity index (χ0v) is 14.8. The first-order valence-corrected chi connectivity index (χ1v) is 8.03. The number of hydrogen-bond donors (Lipinski definition) is 2. The number of amides is 1. The number of phenolic OH excluding ortho intramolecular Hbond substituents is 1. The van der Waals surface area contributed by atoms with E-state index in [1.54, 1.807) is 38.3 Å². The van der Waals surface area contributed by atoms with Crippen molar-refractivity contribution in [1.29, 1.82) is 0 Å². The fraction of sp³-hybridized carbons (Fsp3) is 0.222. The van der Waals surface area contributed by atoms with Crippen LogP contribution in [0.3, 0.4) is 0 Å². The Bertz CT molecular complexity index is 849. The second-order valence-corrected chi connectivity index (χ2v) is 5.39. The Labute approximate surface area is 155 Å². The Morgan fingerprint density at radius 1 is 1.33 bits per heavy atom. The highest BCUT2D eigenvalue weighted by Crippen LogP contribution is 2.36. The van der Waals surface area contributed by atoms with Gasteiger partial charge < -0.3 is 14.6 Å². The number of nitro benzene ring substituents is 1. The van der Waals surface area contributed by atoms with Gasteiger partial charge in [0.1, 0.15) is 5.75 Å². The number of aromatic hydroxyl groups is 1. The van der Waals surface area contributed by atoms with Crippen LogP contribution in [0, 0.1) is 10.1 Å². The molecule has 2 aromatic rings. The van der Waals surface area contributed by atoms with E-state index < -0.39 is 16.4 Å². The summed E-state index contributed by atoms with van der Waals surface area (Å²) in [5, 5.41) is 24.7. The number of carbonyl (C=O) groups excluding carboxylic acids is 1. The average molecular weight is 373 g/mol. The van der Waals surface area contributed by atoms with Gasteiger partial charge in [0, 0.05) is 11.6 Å². The van der Waals surface area contributed by atoms with E-state index in [2.05, 4.69) is 10.5 Å². The van der Waals surface area contributed by atoms with E-state index in [4.69, 9.17) is 9.47 Å². The van der Waals surface area contributed by atoms with Gasteiger partial charge in [-0.05, 0) is 30.7 Å². The van der Waals surface area contributed by atoms with Crippen molar-refractivity contribution < 1.29 is 24.3 Å². The van der Waals surface area contributed by atoms with Crippen molar-refractivity contribution in [2.75, 3.05) is 13.7 Å². The molecule has 0 aliphatic carbocycles. The lowest BCUT2D eigenvalue weighted by molar-refractivity contribution is -0.386. The summed E-state index contributed by atoms with van der Waals surface area (Å²) in [6.45, 7) is 1.91. The summed E-state index contributed by atoms with van der Waals surface area (Å²) < 4.78 is 10.2. The molecule has 2 N–H and O–H groups in total. The van der Waals surface area contributed by atoms with Crippen molar-refractivity contribution in [2.45, 2.75) is 13.3 Å². The molecular weight excluding hydrogens is 354 g/mol. The van der Waals surface area contributed by atoms with Crippen LogP contribution in [0.5, 0.6) is 17.2 Å². The molecule has 0 radical (unpaired) electrons. The van der Waals surface area contributed by atoms with Gasteiger partial charge in [-0.2, -0.15) is 5.10 Å². The number of phenols is 1. The monoisotopic (exact) mass is 373 g/mol. The van der Waals surface area contributed by atoms with Crippen molar-refractivity contribution in [1.82, 2.24) is 5.43 Å². The third-order valence-corrected chi connectivity index (χ3v) is 3.50. The second kappa shape index (κ2) is 9.18. The summed E-state index contributed by atoms with van der Waals surface area (Å²) in [6, 6.07) is 9.55. The molecule has 142 valence electrons. The number of carbonyl (C=O) groups is 1. The topological polar surface area (TPSA) is 123 Å². The average Bonchev–Trinajstić information content (AvgIpc) is 2.64. The Balaban J connectivity index is 2.05. The summed E-state index contributed by atoms with van der Waals surface area (Å²) in [7, 11) is 1.56. The fourth-order valence-corrected chi connectivity index (χ4v) is 2.24. The SMILES string of the molecule is CCOc1cc(/C=N\NC(=O)Cc2ccc(OC)cc2)cc([N+](=O)[O-])c1O. The molecule has 0 aromatic heterocycles. The second-order valence-electron chi connectivity index (χ2n) is 5.39. The normalized spacial score (nSPS) is 10.6. The highest BCUT2D eigenvalue weighted by atomic mass is 16.6. The van der Waals surface area contributed by atoms with Gasteiger partial charge in [0.15, 0.2) is 5.75 Å². The molecule has 27 heavy (non-hydrogen) atoms. The maximum atomic E-state index is 11.9. The minimum atomic E-state index is -0.725. The van der Waals surface area contributed by atoms with Crippen molar-refractivity contribution in [2.24, 2.45) is 5.10 Å². The molecule has 9 nitrogen and oxygen atoms in total.